The van der Waals surface area contributed by atoms with Crippen molar-refractivity contribution in [3.63, 3.8) is 0 Å². The molecule has 98 valence electrons. The van der Waals surface area contributed by atoms with Crippen LogP contribution in [0.25, 0.3) is 0 Å². The monoisotopic (exact) mass is 257 g/mol. The summed E-state index contributed by atoms with van der Waals surface area (Å²) in [4.78, 5) is 16.5. The Morgan fingerprint density at radius 1 is 1.59 bits per heavy atom. The summed E-state index contributed by atoms with van der Waals surface area (Å²) in [5.74, 6) is 0.168. The first-order valence-corrected chi connectivity index (χ1v) is 6.71. The van der Waals surface area contributed by atoms with Crippen LogP contribution >= 0.6 is 12.2 Å². The van der Waals surface area contributed by atoms with Crippen molar-refractivity contribution in [1.29, 1.82) is 0 Å². The fourth-order valence-electron chi connectivity index (χ4n) is 2.26. The third-order valence-electron chi connectivity index (χ3n) is 3.43. The van der Waals surface area contributed by atoms with E-state index in [1.54, 1.807) is 4.90 Å². The molecule has 0 aliphatic carbocycles. The molecule has 1 fully saturated rings. The molecule has 1 atom stereocenters. The van der Waals surface area contributed by atoms with Crippen LogP contribution in [0.15, 0.2) is 0 Å². The minimum atomic E-state index is 0.168. The maximum atomic E-state index is 12.0. The average Bonchev–Trinajstić information content (AvgIpc) is 2.72. The first kappa shape index (κ1) is 14.4. The normalized spacial score (nSPS) is 20.5. The van der Waals surface area contributed by atoms with Gasteiger partial charge in [0.15, 0.2) is 0 Å². The summed E-state index contributed by atoms with van der Waals surface area (Å²) in [6.45, 7) is 4.39. The molecule has 1 aliphatic heterocycles. The number of carbonyl (C=O) groups excluding carboxylic acids is 1. The Morgan fingerprint density at radius 2 is 2.29 bits per heavy atom. The molecule has 1 aliphatic rings. The van der Waals surface area contributed by atoms with E-state index in [1.165, 1.54) is 12.8 Å². The first-order valence-electron chi connectivity index (χ1n) is 6.31. The molecule has 5 heteroatoms. The summed E-state index contributed by atoms with van der Waals surface area (Å²) in [7, 11) is 1.82. The van der Waals surface area contributed by atoms with Gasteiger partial charge in [-0.2, -0.15) is 0 Å². The quantitative estimate of drug-likeness (QED) is 0.721. The maximum Gasteiger partial charge on any atom is 0.236 e. The summed E-state index contributed by atoms with van der Waals surface area (Å²) in [5.41, 5.74) is 5.43. The van der Waals surface area contributed by atoms with Gasteiger partial charge in [0.25, 0.3) is 0 Å². The summed E-state index contributed by atoms with van der Waals surface area (Å²) in [5, 5.41) is 0. The zero-order valence-corrected chi connectivity index (χ0v) is 11.6. The smallest absolute Gasteiger partial charge is 0.236 e. The summed E-state index contributed by atoms with van der Waals surface area (Å²) in [6, 6.07) is 0.586. The second kappa shape index (κ2) is 6.91. The Kier molecular flexibility index (Phi) is 5.85. The molecule has 17 heavy (non-hydrogen) atoms. The van der Waals surface area contributed by atoms with E-state index >= 15 is 0 Å². The summed E-state index contributed by atoms with van der Waals surface area (Å²) >= 11 is 4.81. The second-order valence-electron chi connectivity index (χ2n) is 4.71. The number of amides is 1. The lowest BCUT2D eigenvalue weighted by molar-refractivity contribution is -0.131. The van der Waals surface area contributed by atoms with Crippen molar-refractivity contribution < 1.29 is 4.79 Å². The van der Waals surface area contributed by atoms with Gasteiger partial charge in [-0.3, -0.25) is 9.69 Å². The standard InChI is InChI=1S/C12H23N3OS/c1-3-10-5-4-7-15(10)9-12(16)14(2)8-6-11(13)17/h10H,3-9H2,1-2H3,(H2,13,17). The fraction of sp³-hybridized carbons (Fsp3) is 0.833. The van der Waals surface area contributed by atoms with E-state index in [-0.39, 0.29) is 5.91 Å². The van der Waals surface area contributed by atoms with Gasteiger partial charge in [-0.25, -0.2) is 0 Å². The molecule has 0 aromatic heterocycles. The van der Waals surface area contributed by atoms with Crippen molar-refractivity contribution in [3.05, 3.63) is 0 Å². The molecule has 0 aromatic carbocycles. The number of nitrogens with two attached hydrogens (primary N) is 1. The number of hydrogen-bond donors (Lipinski definition) is 1. The van der Waals surface area contributed by atoms with Gasteiger partial charge in [0, 0.05) is 26.1 Å². The third kappa shape index (κ3) is 4.60. The highest BCUT2D eigenvalue weighted by Gasteiger charge is 2.25. The molecular formula is C12H23N3OS. The van der Waals surface area contributed by atoms with Crippen LogP contribution in [0, 0.1) is 0 Å². The zero-order valence-electron chi connectivity index (χ0n) is 10.8. The average molecular weight is 257 g/mol. The van der Waals surface area contributed by atoms with Crippen LogP contribution in [-0.2, 0) is 4.79 Å². The highest BCUT2D eigenvalue weighted by atomic mass is 32.1. The Labute approximate surface area is 109 Å². The predicted molar refractivity (Wildman–Crippen MR) is 73.9 cm³/mol. The number of nitrogens with zero attached hydrogens (tertiary/aromatic N) is 2. The van der Waals surface area contributed by atoms with Crippen molar-refractivity contribution in [2.45, 2.75) is 38.6 Å². The lowest BCUT2D eigenvalue weighted by Gasteiger charge is -2.25. The first-order chi connectivity index (χ1) is 8.04. The van der Waals surface area contributed by atoms with Gasteiger partial charge in [-0.05, 0) is 25.8 Å². The Balaban J connectivity index is 2.34. The van der Waals surface area contributed by atoms with E-state index in [9.17, 15) is 4.79 Å². The summed E-state index contributed by atoms with van der Waals surface area (Å²) < 4.78 is 0. The van der Waals surface area contributed by atoms with Crippen LogP contribution in [0.1, 0.15) is 32.6 Å². The van der Waals surface area contributed by atoms with E-state index in [1.807, 2.05) is 7.05 Å². The highest BCUT2D eigenvalue weighted by Crippen LogP contribution is 2.19. The van der Waals surface area contributed by atoms with Gasteiger partial charge >= 0.3 is 0 Å². The minimum Gasteiger partial charge on any atom is -0.393 e. The number of carbonyl (C=O) groups is 1. The topological polar surface area (TPSA) is 49.6 Å². The van der Waals surface area contributed by atoms with E-state index in [0.717, 1.165) is 13.0 Å². The van der Waals surface area contributed by atoms with Crippen molar-refractivity contribution >= 4 is 23.1 Å². The highest BCUT2D eigenvalue weighted by molar-refractivity contribution is 7.80. The third-order valence-corrected chi connectivity index (χ3v) is 3.63. The number of likely N-dealkylation sites (tertiary alicyclic amines) is 1. The molecule has 1 amide bonds. The van der Waals surface area contributed by atoms with Gasteiger partial charge < -0.3 is 10.6 Å². The molecule has 0 bridgehead atoms. The Morgan fingerprint density at radius 3 is 2.88 bits per heavy atom. The van der Waals surface area contributed by atoms with Gasteiger partial charge in [0.1, 0.15) is 0 Å². The second-order valence-corrected chi connectivity index (χ2v) is 5.23. The van der Waals surface area contributed by atoms with Crippen LogP contribution in [0.2, 0.25) is 0 Å². The molecule has 2 N–H and O–H groups in total. The number of thiocarbonyl (C=S) groups is 1. The molecule has 0 aromatic rings. The molecule has 4 nitrogen and oxygen atoms in total. The molecule has 1 rings (SSSR count). The van der Waals surface area contributed by atoms with Crippen molar-refractivity contribution in [2.24, 2.45) is 5.73 Å². The SMILES string of the molecule is CCC1CCCN1CC(=O)N(C)CCC(N)=S. The lowest BCUT2D eigenvalue weighted by Crippen LogP contribution is -2.41. The van der Waals surface area contributed by atoms with Crippen molar-refractivity contribution in [1.82, 2.24) is 9.80 Å². The Hall–Kier alpha value is -0.680. The Bertz CT molecular complexity index is 283. The van der Waals surface area contributed by atoms with E-state index in [4.69, 9.17) is 18.0 Å². The molecule has 0 spiro atoms. The molecular weight excluding hydrogens is 234 g/mol. The van der Waals surface area contributed by atoms with E-state index in [0.29, 0.717) is 30.5 Å². The van der Waals surface area contributed by atoms with Crippen LogP contribution in [0.3, 0.4) is 0 Å². The summed E-state index contributed by atoms with van der Waals surface area (Å²) in [6.07, 6.45) is 4.17. The number of rotatable bonds is 6. The molecule has 0 radical (unpaired) electrons. The molecule has 1 unspecified atom stereocenters. The lowest BCUT2D eigenvalue weighted by atomic mass is 10.2. The van der Waals surface area contributed by atoms with Gasteiger partial charge in [0.05, 0.1) is 11.5 Å². The van der Waals surface area contributed by atoms with Crippen LogP contribution < -0.4 is 5.73 Å². The largest absolute Gasteiger partial charge is 0.393 e. The molecule has 1 saturated heterocycles. The van der Waals surface area contributed by atoms with Gasteiger partial charge in [0.2, 0.25) is 5.91 Å². The van der Waals surface area contributed by atoms with Crippen molar-refractivity contribution in [3.8, 4) is 0 Å². The van der Waals surface area contributed by atoms with Crippen LogP contribution in [-0.4, -0.2) is 53.4 Å². The fourth-order valence-corrected chi connectivity index (χ4v) is 2.35. The maximum absolute atomic E-state index is 12.0. The van der Waals surface area contributed by atoms with Crippen LogP contribution in [0.5, 0.6) is 0 Å². The number of hydrogen-bond acceptors (Lipinski definition) is 3. The number of likely N-dealkylation sites (N-methyl/N-ethyl adjacent to an activating group) is 1. The van der Waals surface area contributed by atoms with Gasteiger partial charge in [-0.1, -0.05) is 19.1 Å². The van der Waals surface area contributed by atoms with Crippen LogP contribution in [0.4, 0.5) is 0 Å². The zero-order chi connectivity index (χ0) is 12.8. The molecule has 0 saturated carbocycles. The predicted octanol–water partition coefficient (Wildman–Crippen LogP) is 0.995. The van der Waals surface area contributed by atoms with Crippen molar-refractivity contribution in [2.75, 3.05) is 26.7 Å². The minimum absolute atomic E-state index is 0.168. The van der Waals surface area contributed by atoms with E-state index in [2.05, 4.69) is 11.8 Å². The van der Waals surface area contributed by atoms with E-state index < -0.39 is 0 Å². The van der Waals surface area contributed by atoms with Gasteiger partial charge in [-0.15, -0.1) is 0 Å². The molecule has 1 heterocycles.